The van der Waals surface area contributed by atoms with Crippen LogP contribution in [0.3, 0.4) is 0 Å². The Morgan fingerprint density at radius 3 is 3.07 bits per heavy atom. The molecule has 0 spiro atoms. The number of thioether (sulfide) groups is 1. The van der Waals surface area contributed by atoms with E-state index >= 15 is 0 Å². The predicted octanol–water partition coefficient (Wildman–Crippen LogP) is 1.32. The standard InChI is InChI=1S/C9H13N3OS/c1-2-6(1)8-11-9(13-12-8)7-5-14-4-3-10-7/h6-7,10H,1-5H2. The molecule has 1 aromatic heterocycles. The van der Waals surface area contributed by atoms with Crippen molar-refractivity contribution in [3.63, 3.8) is 0 Å². The highest BCUT2D eigenvalue weighted by molar-refractivity contribution is 7.99. The van der Waals surface area contributed by atoms with Crippen LogP contribution < -0.4 is 5.32 Å². The molecule has 14 heavy (non-hydrogen) atoms. The summed E-state index contributed by atoms with van der Waals surface area (Å²) in [5.41, 5.74) is 0. The van der Waals surface area contributed by atoms with Crippen LogP contribution in [-0.2, 0) is 0 Å². The van der Waals surface area contributed by atoms with E-state index in [9.17, 15) is 0 Å². The summed E-state index contributed by atoms with van der Waals surface area (Å²) in [6, 6.07) is 0.272. The van der Waals surface area contributed by atoms with Gasteiger partial charge in [0.1, 0.15) is 0 Å². The molecule has 0 aromatic carbocycles. The van der Waals surface area contributed by atoms with Gasteiger partial charge in [0.2, 0.25) is 5.89 Å². The van der Waals surface area contributed by atoms with Crippen LogP contribution in [0.15, 0.2) is 4.52 Å². The summed E-state index contributed by atoms with van der Waals surface area (Å²) in [4.78, 5) is 4.44. The molecule has 2 heterocycles. The first kappa shape index (κ1) is 8.73. The van der Waals surface area contributed by atoms with Gasteiger partial charge in [0, 0.05) is 24.0 Å². The summed E-state index contributed by atoms with van der Waals surface area (Å²) in [6.45, 7) is 1.04. The molecule has 2 aliphatic rings. The summed E-state index contributed by atoms with van der Waals surface area (Å²) in [5.74, 6) is 4.51. The molecule has 1 unspecified atom stereocenters. The number of hydrogen-bond acceptors (Lipinski definition) is 5. The van der Waals surface area contributed by atoms with E-state index in [0.29, 0.717) is 5.92 Å². The SMILES string of the molecule is C1CSCC(c2nc(C3CC3)no2)N1. The van der Waals surface area contributed by atoms with Crippen molar-refractivity contribution < 1.29 is 4.52 Å². The number of hydrogen-bond donors (Lipinski definition) is 1. The van der Waals surface area contributed by atoms with Gasteiger partial charge in [0.25, 0.3) is 0 Å². The Kier molecular flexibility index (Phi) is 2.21. The fourth-order valence-electron chi connectivity index (χ4n) is 1.62. The molecule has 76 valence electrons. The van der Waals surface area contributed by atoms with E-state index in [-0.39, 0.29) is 6.04 Å². The maximum Gasteiger partial charge on any atom is 0.244 e. The third kappa shape index (κ3) is 1.66. The summed E-state index contributed by atoms with van der Waals surface area (Å²) in [7, 11) is 0. The molecule has 5 heteroatoms. The zero-order chi connectivity index (χ0) is 9.38. The lowest BCUT2D eigenvalue weighted by atomic mass is 10.3. The first-order valence-corrected chi connectivity index (χ1v) is 6.23. The first-order valence-electron chi connectivity index (χ1n) is 5.08. The van der Waals surface area contributed by atoms with Crippen LogP contribution in [-0.4, -0.2) is 28.2 Å². The van der Waals surface area contributed by atoms with Gasteiger partial charge < -0.3 is 9.84 Å². The molecule has 1 aliphatic carbocycles. The fourth-order valence-corrected chi connectivity index (χ4v) is 2.55. The van der Waals surface area contributed by atoms with Gasteiger partial charge >= 0.3 is 0 Å². The molecule has 1 atom stereocenters. The number of nitrogens with one attached hydrogen (secondary N) is 1. The average Bonchev–Trinajstić information content (AvgIpc) is 2.98. The van der Waals surface area contributed by atoms with Crippen LogP contribution in [0.2, 0.25) is 0 Å². The molecule has 1 aliphatic heterocycles. The zero-order valence-electron chi connectivity index (χ0n) is 7.90. The predicted molar refractivity (Wildman–Crippen MR) is 54.3 cm³/mol. The normalized spacial score (nSPS) is 27.9. The molecule has 1 aromatic rings. The van der Waals surface area contributed by atoms with Gasteiger partial charge in [0.15, 0.2) is 5.82 Å². The number of aromatic nitrogens is 2. The van der Waals surface area contributed by atoms with Crippen molar-refractivity contribution in [2.75, 3.05) is 18.1 Å². The molecule has 1 saturated carbocycles. The van der Waals surface area contributed by atoms with Crippen molar-refractivity contribution in [1.82, 2.24) is 15.5 Å². The minimum absolute atomic E-state index is 0.272. The van der Waals surface area contributed by atoms with Gasteiger partial charge in [-0.05, 0) is 12.8 Å². The number of rotatable bonds is 2. The Hall–Kier alpha value is -0.550. The average molecular weight is 211 g/mol. The molecule has 3 rings (SSSR count). The Bertz CT molecular complexity index is 318. The maximum atomic E-state index is 5.27. The van der Waals surface area contributed by atoms with Gasteiger partial charge in [-0.25, -0.2) is 0 Å². The second-order valence-corrected chi connectivity index (χ2v) is 5.00. The van der Waals surface area contributed by atoms with Crippen molar-refractivity contribution in [3.8, 4) is 0 Å². The molecule has 1 N–H and O–H groups in total. The van der Waals surface area contributed by atoms with Gasteiger partial charge in [-0.3, -0.25) is 0 Å². The summed E-state index contributed by atoms with van der Waals surface area (Å²) in [6.07, 6.45) is 2.46. The Morgan fingerprint density at radius 1 is 1.43 bits per heavy atom. The molecular formula is C9H13N3OS. The topological polar surface area (TPSA) is 51.0 Å². The van der Waals surface area contributed by atoms with E-state index in [1.54, 1.807) is 0 Å². The lowest BCUT2D eigenvalue weighted by Gasteiger charge is -2.19. The van der Waals surface area contributed by atoms with Crippen LogP contribution in [0.1, 0.15) is 36.5 Å². The lowest BCUT2D eigenvalue weighted by Crippen LogP contribution is -2.30. The van der Waals surface area contributed by atoms with E-state index in [0.717, 1.165) is 24.0 Å². The van der Waals surface area contributed by atoms with Crippen molar-refractivity contribution in [1.29, 1.82) is 0 Å². The Morgan fingerprint density at radius 2 is 2.36 bits per heavy atom. The van der Waals surface area contributed by atoms with Crippen molar-refractivity contribution in [2.24, 2.45) is 0 Å². The second kappa shape index (κ2) is 3.55. The highest BCUT2D eigenvalue weighted by Gasteiger charge is 2.30. The molecule has 0 bridgehead atoms. The Balaban J connectivity index is 1.74. The van der Waals surface area contributed by atoms with Crippen LogP contribution in [0.4, 0.5) is 0 Å². The van der Waals surface area contributed by atoms with E-state index in [1.165, 1.54) is 18.6 Å². The van der Waals surface area contributed by atoms with Crippen molar-refractivity contribution in [2.45, 2.75) is 24.8 Å². The minimum Gasteiger partial charge on any atom is -0.338 e. The first-order chi connectivity index (χ1) is 6.93. The van der Waals surface area contributed by atoms with Crippen molar-refractivity contribution >= 4 is 11.8 Å². The Labute approximate surface area is 86.8 Å². The molecule has 0 amide bonds. The van der Waals surface area contributed by atoms with E-state index in [1.807, 2.05) is 11.8 Å². The monoisotopic (exact) mass is 211 g/mol. The zero-order valence-corrected chi connectivity index (χ0v) is 8.72. The molecule has 2 fully saturated rings. The van der Waals surface area contributed by atoms with Crippen LogP contribution in [0.25, 0.3) is 0 Å². The van der Waals surface area contributed by atoms with E-state index in [4.69, 9.17) is 4.52 Å². The van der Waals surface area contributed by atoms with Gasteiger partial charge in [-0.2, -0.15) is 16.7 Å². The largest absolute Gasteiger partial charge is 0.338 e. The third-order valence-electron chi connectivity index (χ3n) is 2.62. The highest BCUT2D eigenvalue weighted by atomic mass is 32.2. The summed E-state index contributed by atoms with van der Waals surface area (Å²) in [5, 5.41) is 7.41. The highest BCUT2D eigenvalue weighted by Crippen LogP contribution is 2.38. The van der Waals surface area contributed by atoms with Crippen LogP contribution >= 0.6 is 11.8 Å². The summed E-state index contributed by atoms with van der Waals surface area (Å²) >= 11 is 1.94. The maximum absolute atomic E-state index is 5.27. The minimum atomic E-state index is 0.272. The van der Waals surface area contributed by atoms with E-state index in [2.05, 4.69) is 15.5 Å². The van der Waals surface area contributed by atoms with Gasteiger partial charge in [-0.1, -0.05) is 5.16 Å². The van der Waals surface area contributed by atoms with Crippen LogP contribution in [0, 0.1) is 0 Å². The smallest absolute Gasteiger partial charge is 0.244 e. The molecule has 4 nitrogen and oxygen atoms in total. The molecule has 0 radical (unpaired) electrons. The van der Waals surface area contributed by atoms with Gasteiger partial charge in [-0.15, -0.1) is 0 Å². The quantitative estimate of drug-likeness (QED) is 0.799. The summed E-state index contributed by atoms with van der Waals surface area (Å²) < 4.78 is 5.27. The van der Waals surface area contributed by atoms with E-state index < -0.39 is 0 Å². The van der Waals surface area contributed by atoms with Crippen LogP contribution in [0.5, 0.6) is 0 Å². The third-order valence-corrected chi connectivity index (χ3v) is 3.68. The fraction of sp³-hybridized carbons (Fsp3) is 0.778. The number of nitrogens with zero attached hydrogens (tertiary/aromatic N) is 2. The van der Waals surface area contributed by atoms with Crippen molar-refractivity contribution in [3.05, 3.63) is 11.7 Å². The second-order valence-electron chi connectivity index (χ2n) is 3.85. The molecular weight excluding hydrogens is 198 g/mol. The lowest BCUT2D eigenvalue weighted by molar-refractivity contribution is 0.339. The van der Waals surface area contributed by atoms with Gasteiger partial charge in [0.05, 0.1) is 6.04 Å². The molecule has 1 saturated heterocycles.